The second kappa shape index (κ2) is 8.60. The molecule has 0 aromatic heterocycles. The zero-order valence-electron chi connectivity index (χ0n) is 14.6. The minimum atomic E-state index is 0.0695. The van der Waals surface area contributed by atoms with Crippen LogP contribution in [0.2, 0.25) is 0 Å². The highest BCUT2D eigenvalue weighted by molar-refractivity contribution is 5.91. The van der Waals surface area contributed by atoms with Gasteiger partial charge in [-0.1, -0.05) is 25.1 Å². The first-order chi connectivity index (χ1) is 11.8. The molecule has 0 radical (unpaired) electrons. The molecule has 2 fully saturated rings. The van der Waals surface area contributed by atoms with Crippen LogP contribution in [0.25, 0.3) is 0 Å². The molecule has 1 amide bonds. The van der Waals surface area contributed by atoms with E-state index in [1.807, 2.05) is 18.2 Å². The van der Waals surface area contributed by atoms with E-state index in [4.69, 9.17) is 4.74 Å². The van der Waals surface area contributed by atoms with Gasteiger partial charge in [0.1, 0.15) is 0 Å². The van der Waals surface area contributed by atoms with Gasteiger partial charge in [-0.3, -0.25) is 9.69 Å². The van der Waals surface area contributed by atoms with Gasteiger partial charge in [-0.25, -0.2) is 0 Å². The number of amides is 1. The number of rotatable bonds is 7. The zero-order valence-corrected chi connectivity index (χ0v) is 14.6. The van der Waals surface area contributed by atoms with Crippen molar-refractivity contribution in [2.24, 2.45) is 0 Å². The third-order valence-corrected chi connectivity index (χ3v) is 5.09. The number of aryl methyl sites for hydroxylation is 1. The molecule has 0 aliphatic carbocycles. The molecule has 2 aliphatic heterocycles. The molecule has 2 atom stereocenters. The van der Waals surface area contributed by atoms with Gasteiger partial charge in [0, 0.05) is 24.7 Å². The van der Waals surface area contributed by atoms with Crippen LogP contribution in [0.3, 0.4) is 0 Å². The fraction of sp³-hybridized carbons (Fsp3) is 0.632. The summed E-state index contributed by atoms with van der Waals surface area (Å²) in [6, 6.07) is 8.82. The lowest BCUT2D eigenvalue weighted by atomic mass is 10.1. The Morgan fingerprint density at radius 2 is 2.04 bits per heavy atom. The van der Waals surface area contributed by atoms with Crippen molar-refractivity contribution >= 4 is 11.6 Å². The molecule has 2 aliphatic rings. The van der Waals surface area contributed by atoms with Gasteiger partial charge in [-0.2, -0.15) is 0 Å². The van der Waals surface area contributed by atoms with E-state index in [2.05, 4.69) is 28.5 Å². The maximum Gasteiger partial charge on any atom is 0.225 e. The fourth-order valence-electron chi connectivity index (χ4n) is 3.71. The Kier molecular flexibility index (Phi) is 6.24. The molecule has 24 heavy (non-hydrogen) atoms. The van der Waals surface area contributed by atoms with E-state index in [1.54, 1.807) is 0 Å². The molecule has 0 bridgehead atoms. The first-order valence-electron chi connectivity index (χ1n) is 9.21. The third-order valence-electron chi connectivity index (χ3n) is 5.09. The van der Waals surface area contributed by atoms with Crippen molar-refractivity contribution in [3.63, 3.8) is 0 Å². The number of para-hydroxylation sites is 1. The number of nitrogens with zero attached hydrogens (tertiary/aromatic N) is 1. The van der Waals surface area contributed by atoms with Crippen LogP contribution in [-0.4, -0.2) is 55.7 Å². The molecule has 0 unspecified atom stereocenters. The summed E-state index contributed by atoms with van der Waals surface area (Å²) in [4.78, 5) is 14.7. The van der Waals surface area contributed by atoms with Gasteiger partial charge < -0.3 is 15.4 Å². The summed E-state index contributed by atoms with van der Waals surface area (Å²) in [7, 11) is 0. The van der Waals surface area contributed by atoms with Crippen molar-refractivity contribution in [2.75, 3.05) is 38.2 Å². The van der Waals surface area contributed by atoms with Crippen molar-refractivity contribution < 1.29 is 9.53 Å². The maximum atomic E-state index is 12.2. The highest BCUT2D eigenvalue weighted by atomic mass is 16.5. The molecule has 0 saturated carbocycles. The summed E-state index contributed by atoms with van der Waals surface area (Å²) >= 11 is 0. The second-order valence-corrected chi connectivity index (χ2v) is 6.72. The van der Waals surface area contributed by atoms with Crippen LogP contribution in [0.15, 0.2) is 24.3 Å². The molecule has 2 N–H and O–H groups in total. The summed E-state index contributed by atoms with van der Waals surface area (Å²) in [5.74, 6) is 0.0695. The Morgan fingerprint density at radius 1 is 1.25 bits per heavy atom. The standard InChI is InChI=1S/C19H29N3O2/c1-2-15-7-3-4-8-16(15)21-19(23)9-10-20-17-13-24-14-18(17)22-11-5-6-12-22/h3-4,7-8,17-18,20H,2,5-6,9-14H2,1H3,(H,21,23)/t17-,18-/m0/s1. The summed E-state index contributed by atoms with van der Waals surface area (Å²) in [6.45, 7) is 6.72. The number of benzene rings is 1. The van der Waals surface area contributed by atoms with Crippen molar-refractivity contribution in [3.8, 4) is 0 Å². The van der Waals surface area contributed by atoms with Crippen LogP contribution in [0.5, 0.6) is 0 Å². The molecule has 5 nitrogen and oxygen atoms in total. The van der Waals surface area contributed by atoms with Crippen LogP contribution in [0, 0.1) is 0 Å². The van der Waals surface area contributed by atoms with Crippen LogP contribution in [0.4, 0.5) is 5.69 Å². The van der Waals surface area contributed by atoms with E-state index >= 15 is 0 Å². The first kappa shape index (κ1) is 17.4. The molecule has 0 spiro atoms. The van der Waals surface area contributed by atoms with Crippen molar-refractivity contribution in [3.05, 3.63) is 29.8 Å². The highest BCUT2D eigenvalue weighted by Gasteiger charge is 2.33. The fourth-order valence-corrected chi connectivity index (χ4v) is 3.71. The predicted molar refractivity (Wildman–Crippen MR) is 96.3 cm³/mol. The average molecular weight is 331 g/mol. The number of likely N-dealkylation sites (tertiary alicyclic amines) is 1. The maximum absolute atomic E-state index is 12.2. The quantitative estimate of drug-likeness (QED) is 0.803. The van der Waals surface area contributed by atoms with E-state index < -0.39 is 0 Å². The Hall–Kier alpha value is -1.43. The molecule has 5 heteroatoms. The number of nitrogens with one attached hydrogen (secondary N) is 2. The molecule has 2 saturated heterocycles. The number of anilines is 1. The minimum absolute atomic E-state index is 0.0695. The summed E-state index contributed by atoms with van der Waals surface area (Å²) in [5, 5.41) is 6.56. The monoisotopic (exact) mass is 331 g/mol. The number of hydrogen-bond donors (Lipinski definition) is 2. The number of carbonyl (C=O) groups is 1. The summed E-state index contributed by atoms with van der Waals surface area (Å²) < 4.78 is 5.66. The lowest BCUT2D eigenvalue weighted by Crippen LogP contribution is -2.48. The predicted octanol–water partition coefficient (Wildman–Crippen LogP) is 2.03. The smallest absolute Gasteiger partial charge is 0.225 e. The lowest BCUT2D eigenvalue weighted by molar-refractivity contribution is -0.116. The number of hydrogen-bond acceptors (Lipinski definition) is 4. The van der Waals surface area contributed by atoms with Gasteiger partial charge in [0.15, 0.2) is 0 Å². The summed E-state index contributed by atoms with van der Waals surface area (Å²) in [6.07, 6.45) is 4.00. The topological polar surface area (TPSA) is 53.6 Å². The van der Waals surface area contributed by atoms with E-state index in [1.165, 1.54) is 31.5 Å². The number of carbonyl (C=O) groups excluding carboxylic acids is 1. The second-order valence-electron chi connectivity index (χ2n) is 6.72. The molecule has 2 heterocycles. The van der Waals surface area contributed by atoms with Crippen LogP contribution >= 0.6 is 0 Å². The van der Waals surface area contributed by atoms with Crippen molar-refractivity contribution in [1.82, 2.24) is 10.2 Å². The zero-order chi connectivity index (χ0) is 16.8. The van der Waals surface area contributed by atoms with E-state index in [0.717, 1.165) is 25.3 Å². The van der Waals surface area contributed by atoms with Crippen molar-refractivity contribution in [1.29, 1.82) is 0 Å². The van der Waals surface area contributed by atoms with Gasteiger partial charge in [0.25, 0.3) is 0 Å². The molecular formula is C19H29N3O2. The molecule has 1 aromatic carbocycles. The Bertz CT molecular complexity index is 543. The molecular weight excluding hydrogens is 302 g/mol. The molecule has 132 valence electrons. The van der Waals surface area contributed by atoms with Gasteiger partial charge in [0.05, 0.1) is 19.3 Å². The van der Waals surface area contributed by atoms with E-state index in [9.17, 15) is 4.79 Å². The van der Waals surface area contributed by atoms with Crippen LogP contribution in [0.1, 0.15) is 31.7 Å². The average Bonchev–Trinajstić information content (AvgIpc) is 3.26. The highest BCUT2D eigenvalue weighted by Crippen LogP contribution is 2.19. The lowest BCUT2D eigenvalue weighted by Gasteiger charge is -2.28. The van der Waals surface area contributed by atoms with Gasteiger partial charge in [-0.05, 0) is 44.0 Å². The van der Waals surface area contributed by atoms with Gasteiger partial charge >= 0.3 is 0 Å². The Labute approximate surface area is 144 Å². The van der Waals surface area contributed by atoms with Gasteiger partial charge in [-0.15, -0.1) is 0 Å². The number of ether oxygens (including phenoxy) is 1. The van der Waals surface area contributed by atoms with Crippen LogP contribution in [-0.2, 0) is 16.0 Å². The minimum Gasteiger partial charge on any atom is -0.378 e. The normalized spacial score (nSPS) is 24.4. The summed E-state index contributed by atoms with van der Waals surface area (Å²) in [5.41, 5.74) is 2.11. The molecule has 3 rings (SSSR count). The first-order valence-corrected chi connectivity index (χ1v) is 9.21. The van der Waals surface area contributed by atoms with Gasteiger partial charge in [0.2, 0.25) is 5.91 Å². The molecule has 1 aromatic rings. The van der Waals surface area contributed by atoms with E-state index in [0.29, 0.717) is 25.0 Å². The SMILES string of the molecule is CCc1ccccc1NC(=O)CCN[C@H]1COC[C@@H]1N1CCCC1. The third kappa shape index (κ3) is 4.35. The Balaban J connectivity index is 1.43. The van der Waals surface area contributed by atoms with E-state index in [-0.39, 0.29) is 5.91 Å². The van der Waals surface area contributed by atoms with Crippen molar-refractivity contribution in [2.45, 2.75) is 44.7 Å². The van der Waals surface area contributed by atoms with Crippen LogP contribution < -0.4 is 10.6 Å². The Morgan fingerprint density at radius 3 is 2.83 bits per heavy atom. The largest absolute Gasteiger partial charge is 0.378 e.